The second-order valence-corrected chi connectivity index (χ2v) is 3.84. The van der Waals surface area contributed by atoms with E-state index >= 15 is 0 Å². The first kappa shape index (κ1) is 10.2. The monoisotopic (exact) mass is 210 g/mol. The van der Waals surface area contributed by atoms with Crippen LogP contribution < -0.4 is 5.32 Å². The summed E-state index contributed by atoms with van der Waals surface area (Å²) in [5, 5.41) is 12.0. The predicted molar refractivity (Wildman–Crippen MR) is 52.8 cm³/mol. The lowest BCUT2D eigenvalue weighted by Crippen LogP contribution is -2.30. The van der Waals surface area contributed by atoms with Crippen molar-refractivity contribution >= 4 is 5.97 Å². The van der Waals surface area contributed by atoms with Gasteiger partial charge in [-0.1, -0.05) is 0 Å². The quantitative estimate of drug-likeness (QED) is 0.775. The number of aromatic nitrogens is 1. The first-order valence-corrected chi connectivity index (χ1v) is 5.14. The van der Waals surface area contributed by atoms with E-state index in [0.717, 1.165) is 32.4 Å². The minimum atomic E-state index is -1.06. The summed E-state index contributed by atoms with van der Waals surface area (Å²) >= 11 is 0. The molecule has 82 valence electrons. The molecule has 1 fully saturated rings. The molecular formula is C10H14N2O3. The third-order valence-electron chi connectivity index (χ3n) is 2.63. The fraction of sp³-hybridized carbons (Fsp3) is 0.600. The molecule has 0 aliphatic carbocycles. The Morgan fingerprint density at radius 1 is 1.73 bits per heavy atom. The van der Waals surface area contributed by atoms with Crippen molar-refractivity contribution in [2.24, 2.45) is 5.92 Å². The highest BCUT2D eigenvalue weighted by Gasteiger charge is 2.17. The molecule has 0 aromatic carbocycles. The lowest BCUT2D eigenvalue weighted by molar-refractivity contribution is 0.0659. The van der Waals surface area contributed by atoms with Crippen LogP contribution in [0.25, 0.3) is 0 Å². The summed E-state index contributed by atoms with van der Waals surface area (Å²) in [5.74, 6) is -0.0931. The summed E-state index contributed by atoms with van der Waals surface area (Å²) in [5.41, 5.74) is 0. The predicted octanol–water partition coefficient (Wildman–Crippen LogP) is 0.915. The normalized spacial score (nSPS) is 21.5. The van der Waals surface area contributed by atoms with E-state index in [4.69, 9.17) is 9.52 Å². The molecule has 15 heavy (non-hydrogen) atoms. The van der Waals surface area contributed by atoms with Gasteiger partial charge in [0.15, 0.2) is 5.89 Å². The van der Waals surface area contributed by atoms with E-state index < -0.39 is 5.97 Å². The van der Waals surface area contributed by atoms with Gasteiger partial charge in [0.2, 0.25) is 5.76 Å². The molecule has 1 aromatic rings. The van der Waals surface area contributed by atoms with E-state index in [1.807, 2.05) is 0 Å². The summed E-state index contributed by atoms with van der Waals surface area (Å²) in [6.07, 6.45) is 4.31. The summed E-state index contributed by atoms with van der Waals surface area (Å²) in [4.78, 5) is 14.5. The van der Waals surface area contributed by atoms with Gasteiger partial charge < -0.3 is 14.8 Å². The minimum absolute atomic E-state index is 0.0752. The highest BCUT2D eigenvalue weighted by Crippen LogP contribution is 2.16. The van der Waals surface area contributed by atoms with Gasteiger partial charge in [-0.15, -0.1) is 0 Å². The van der Waals surface area contributed by atoms with Gasteiger partial charge in [-0.3, -0.25) is 0 Å². The summed E-state index contributed by atoms with van der Waals surface area (Å²) in [7, 11) is 0. The Hall–Kier alpha value is -1.36. The number of hydrogen-bond donors (Lipinski definition) is 2. The molecule has 5 nitrogen and oxygen atoms in total. The van der Waals surface area contributed by atoms with E-state index in [9.17, 15) is 4.79 Å². The summed E-state index contributed by atoms with van der Waals surface area (Å²) in [6.45, 7) is 2.03. The van der Waals surface area contributed by atoms with Gasteiger partial charge in [0.25, 0.3) is 0 Å². The zero-order chi connectivity index (χ0) is 10.7. The standard InChI is InChI=1S/C10H14N2O3/c13-10(14)8-6-12-9(15-8)4-7-2-1-3-11-5-7/h6-7,11H,1-5H2,(H,13,14). The molecule has 5 heteroatoms. The third-order valence-corrected chi connectivity index (χ3v) is 2.63. The van der Waals surface area contributed by atoms with Gasteiger partial charge in [0, 0.05) is 6.42 Å². The van der Waals surface area contributed by atoms with Crippen molar-refractivity contribution in [2.75, 3.05) is 13.1 Å². The van der Waals surface area contributed by atoms with Crippen LogP contribution in [0.15, 0.2) is 10.6 Å². The van der Waals surface area contributed by atoms with Crippen molar-refractivity contribution in [3.8, 4) is 0 Å². The lowest BCUT2D eigenvalue weighted by atomic mass is 9.96. The van der Waals surface area contributed by atoms with Crippen molar-refractivity contribution in [1.29, 1.82) is 0 Å². The number of carbonyl (C=O) groups is 1. The van der Waals surface area contributed by atoms with E-state index in [1.54, 1.807) is 0 Å². The average Bonchev–Trinajstić information content (AvgIpc) is 2.68. The maximum Gasteiger partial charge on any atom is 0.373 e. The number of rotatable bonds is 3. The van der Waals surface area contributed by atoms with Crippen LogP contribution in [0.1, 0.15) is 29.3 Å². The van der Waals surface area contributed by atoms with Crippen molar-refractivity contribution in [3.63, 3.8) is 0 Å². The van der Waals surface area contributed by atoms with Crippen LogP contribution >= 0.6 is 0 Å². The van der Waals surface area contributed by atoms with Gasteiger partial charge >= 0.3 is 5.97 Å². The number of carboxylic acids is 1. The Morgan fingerprint density at radius 2 is 2.60 bits per heavy atom. The fourth-order valence-electron chi connectivity index (χ4n) is 1.85. The highest BCUT2D eigenvalue weighted by molar-refractivity contribution is 5.83. The second-order valence-electron chi connectivity index (χ2n) is 3.84. The maximum atomic E-state index is 10.6. The Bertz CT molecular complexity index is 342. The van der Waals surface area contributed by atoms with Gasteiger partial charge in [0.1, 0.15) is 0 Å². The number of aromatic carboxylic acids is 1. The Balaban J connectivity index is 1.94. The molecule has 1 aliphatic rings. The number of nitrogens with zero attached hydrogens (tertiary/aromatic N) is 1. The van der Waals surface area contributed by atoms with Crippen LogP contribution in [-0.4, -0.2) is 29.1 Å². The van der Waals surface area contributed by atoms with Crippen LogP contribution in [0, 0.1) is 5.92 Å². The van der Waals surface area contributed by atoms with E-state index in [0.29, 0.717) is 11.8 Å². The molecule has 2 heterocycles. The number of nitrogens with one attached hydrogen (secondary N) is 1. The molecule has 1 aromatic heterocycles. The molecule has 1 aliphatic heterocycles. The van der Waals surface area contributed by atoms with Gasteiger partial charge in [-0.2, -0.15) is 0 Å². The molecule has 2 N–H and O–H groups in total. The van der Waals surface area contributed by atoms with Crippen LogP contribution in [-0.2, 0) is 6.42 Å². The third kappa shape index (κ3) is 2.56. The topological polar surface area (TPSA) is 75.4 Å². The summed E-state index contributed by atoms with van der Waals surface area (Å²) < 4.78 is 5.11. The van der Waals surface area contributed by atoms with Crippen molar-refractivity contribution in [3.05, 3.63) is 17.8 Å². The van der Waals surface area contributed by atoms with Crippen LogP contribution in [0.2, 0.25) is 0 Å². The molecular weight excluding hydrogens is 196 g/mol. The largest absolute Gasteiger partial charge is 0.475 e. The fourth-order valence-corrected chi connectivity index (χ4v) is 1.85. The Morgan fingerprint density at radius 3 is 3.20 bits per heavy atom. The zero-order valence-electron chi connectivity index (χ0n) is 8.40. The van der Waals surface area contributed by atoms with Crippen molar-refractivity contribution in [2.45, 2.75) is 19.3 Å². The highest BCUT2D eigenvalue weighted by atomic mass is 16.4. The van der Waals surface area contributed by atoms with Crippen molar-refractivity contribution < 1.29 is 14.3 Å². The number of oxazole rings is 1. The van der Waals surface area contributed by atoms with Gasteiger partial charge in [-0.05, 0) is 31.8 Å². The molecule has 0 bridgehead atoms. The minimum Gasteiger partial charge on any atom is -0.475 e. The van der Waals surface area contributed by atoms with Crippen LogP contribution in [0.5, 0.6) is 0 Å². The maximum absolute atomic E-state index is 10.6. The first-order chi connectivity index (χ1) is 7.25. The second kappa shape index (κ2) is 4.44. The first-order valence-electron chi connectivity index (χ1n) is 5.14. The van der Waals surface area contributed by atoms with E-state index in [-0.39, 0.29) is 5.76 Å². The Kier molecular flexibility index (Phi) is 3.01. The summed E-state index contributed by atoms with van der Waals surface area (Å²) in [6, 6.07) is 0. The smallest absolute Gasteiger partial charge is 0.373 e. The van der Waals surface area contributed by atoms with Gasteiger partial charge in [-0.25, -0.2) is 9.78 Å². The number of carboxylic acid groups (broad SMARTS) is 1. The SMILES string of the molecule is O=C(O)c1cnc(CC2CCCNC2)o1. The van der Waals surface area contributed by atoms with Crippen LogP contribution in [0.3, 0.4) is 0 Å². The van der Waals surface area contributed by atoms with E-state index in [1.165, 1.54) is 6.20 Å². The average molecular weight is 210 g/mol. The zero-order valence-corrected chi connectivity index (χ0v) is 8.40. The van der Waals surface area contributed by atoms with Gasteiger partial charge in [0.05, 0.1) is 6.20 Å². The van der Waals surface area contributed by atoms with Crippen molar-refractivity contribution in [1.82, 2.24) is 10.3 Å². The number of hydrogen-bond acceptors (Lipinski definition) is 4. The molecule has 0 spiro atoms. The molecule has 0 radical (unpaired) electrons. The molecule has 0 amide bonds. The molecule has 1 saturated heterocycles. The number of piperidine rings is 1. The lowest BCUT2D eigenvalue weighted by Gasteiger charge is -2.21. The molecule has 1 atom stereocenters. The Labute approximate surface area is 87.5 Å². The van der Waals surface area contributed by atoms with Crippen LogP contribution in [0.4, 0.5) is 0 Å². The van der Waals surface area contributed by atoms with E-state index in [2.05, 4.69) is 10.3 Å². The molecule has 1 unspecified atom stereocenters. The molecule has 2 rings (SSSR count). The molecule has 0 saturated carbocycles.